The number of ether oxygens (including phenoxy) is 2. The Balaban J connectivity index is 1.59. The van der Waals surface area contributed by atoms with Crippen LogP contribution < -0.4 is 5.32 Å². The van der Waals surface area contributed by atoms with Gasteiger partial charge in [0.05, 0.1) is 6.61 Å². The van der Waals surface area contributed by atoms with Crippen molar-refractivity contribution in [1.29, 1.82) is 0 Å². The van der Waals surface area contributed by atoms with E-state index in [1.807, 2.05) is 4.90 Å². The van der Waals surface area contributed by atoms with Crippen molar-refractivity contribution in [1.82, 2.24) is 14.8 Å². The second-order valence-corrected chi connectivity index (χ2v) is 7.98. The van der Waals surface area contributed by atoms with E-state index >= 15 is 0 Å². The zero-order valence-corrected chi connectivity index (χ0v) is 16.9. The molecular formula is C22H31N3O3. The van der Waals surface area contributed by atoms with Crippen LogP contribution >= 0.6 is 0 Å². The molecular weight excluding hydrogens is 354 g/mol. The number of amides is 1. The molecule has 1 aliphatic heterocycles. The smallest absolute Gasteiger partial charge is 0.253 e. The lowest BCUT2D eigenvalue weighted by Gasteiger charge is -2.30. The fourth-order valence-corrected chi connectivity index (χ4v) is 4.03. The molecule has 1 aromatic carbocycles. The van der Waals surface area contributed by atoms with E-state index in [9.17, 15) is 4.79 Å². The van der Waals surface area contributed by atoms with Gasteiger partial charge in [0, 0.05) is 63.0 Å². The van der Waals surface area contributed by atoms with Crippen LogP contribution in [0, 0.1) is 6.92 Å². The summed E-state index contributed by atoms with van der Waals surface area (Å²) in [7, 11) is 1.74. The lowest BCUT2D eigenvalue weighted by molar-refractivity contribution is -0.146. The number of morpholine rings is 1. The monoisotopic (exact) mass is 385 g/mol. The number of hydrogen-bond donors (Lipinski definition) is 1. The third kappa shape index (κ3) is 4.24. The van der Waals surface area contributed by atoms with Gasteiger partial charge in [0.25, 0.3) is 5.91 Å². The van der Waals surface area contributed by atoms with Gasteiger partial charge in [0.15, 0.2) is 0 Å². The zero-order valence-electron chi connectivity index (χ0n) is 16.9. The highest BCUT2D eigenvalue weighted by atomic mass is 16.5. The molecule has 1 amide bonds. The number of rotatable bonds is 8. The average Bonchev–Trinajstić information content (AvgIpc) is 3.50. The van der Waals surface area contributed by atoms with E-state index in [1.165, 1.54) is 22.0 Å². The normalized spacial score (nSPS) is 19.9. The number of benzene rings is 1. The van der Waals surface area contributed by atoms with Crippen LogP contribution in [0.4, 0.5) is 0 Å². The van der Waals surface area contributed by atoms with Crippen molar-refractivity contribution >= 4 is 16.8 Å². The highest BCUT2D eigenvalue weighted by molar-refractivity contribution is 5.86. The molecule has 1 aromatic heterocycles. The maximum Gasteiger partial charge on any atom is 0.253 e. The predicted molar refractivity (Wildman–Crippen MR) is 109 cm³/mol. The Morgan fingerprint density at radius 3 is 2.96 bits per heavy atom. The van der Waals surface area contributed by atoms with Crippen LogP contribution in [0.3, 0.4) is 0 Å². The van der Waals surface area contributed by atoms with Crippen LogP contribution in [0.5, 0.6) is 0 Å². The summed E-state index contributed by atoms with van der Waals surface area (Å²) in [5.74, 6) is 0.127. The minimum atomic E-state index is -0.355. The number of carbonyl (C=O) groups is 1. The molecule has 0 radical (unpaired) electrons. The van der Waals surface area contributed by atoms with E-state index in [-0.39, 0.29) is 12.0 Å². The van der Waals surface area contributed by atoms with Gasteiger partial charge < -0.3 is 24.3 Å². The fourth-order valence-electron chi connectivity index (χ4n) is 4.03. The Labute approximate surface area is 166 Å². The van der Waals surface area contributed by atoms with Gasteiger partial charge in [-0.3, -0.25) is 4.79 Å². The van der Waals surface area contributed by atoms with Crippen molar-refractivity contribution in [3.63, 3.8) is 0 Å². The van der Waals surface area contributed by atoms with Crippen molar-refractivity contribution in [2.24, 2.45) is 0 Å². The van der Waals surface area contributed by atoms with E-state index in [1.54, 1.807) is 7.11 Å². The van der Waals surface area contributed by atoms with Gasteiger partial charge in [0.2, 0.25) is 0 Å². The molecule has 2 aromatic rings. The number of carbonyl (C=O) groups excluding carboxylic acids is 1. The quantitative estimate of drug-likeness (QED) is 0.710. The molecule has 4 rings (SSSR count). The number of nitrogens with zero attached hydrogens (tertiary/aromatic N) is 2. The molecule has 2 aliphatic rings. The highest BCUT2D eigenvalue weighted by Crippen LogP contribution is 2.32. The lowest BCUT2D eigenvalue weighted by atomic mass is 10.1. The molecule has 6 heteroatoms. The Hall–Kier alpha value is -1.89. The maximum absolute atomic E-state index is 13.1. The SMILES string of the molecule is COCCCn1cc(CN(C(=O)[C@H]2CNCCO2)C2CC2)c2ccc(C)cc21. The van der Waals surface area contributed by atoms with E-state index in [0.717, 1.165) is 39.0 Å². The molecule has 152 valence electrons. The zero-order chi connectivity index (χ0) is 19.5. The molecule has 28 heavy (non-hydrogen) atoms. The van der Waals surface area contributed by atoms with Crippen molar-refractivity contribution in [2.75, 3.05) is 33.4 Å². The maximum atomic E-state index is 13.1. The summed E-state index contributed by atoms with van der Waals surface area (Å²) in [6.45, 7) is 6.48. The highest BCUT2D eigenvalue weighted by Gasteiger charge is 2.37. The molecule has 1 saturated heterocycles. The van der Waals surface area contributed by atoms with Crippen LogP contribution in [0.15, 0.2) is 24.4 Å². The Morgan fingerprint density at radius 1 is 1.39 bits per heavy atom. The summed E-state index contributed by atoms with van der Waals surface area (Å²) in [5, 5.41) is 4.51. The first kappa shape index (κ1) is 19.4. The van der Waals surface area contributed by atoms with Crippen molar-refractivity contribution < 1.29 is 14.3 Å². The standard InChI is InChI=1S/C22H31N3O3/c1-16-4-7-19-17(14-24(20(19)12-16)9-3-10-27-2)15-25(18-5-6-18)22(26)21-13-23-8-11-28-21/h4,7,12,14,18,21,23H,3,5-6,8-11,13,15H2,1-2H3/t21-/m1/s1. The molecule has 0 spiro atoms. The van der Waals surface area contributed by atoms with Gasteiger partial charge >= 0.3 is 0 Å². The molecule has 1 N–H and O–H groups in total. The van der Waals surface area contributed by atoms with E-state index in [2.05, 4.69) is 41.2 Å². The fraction of sp³-hybridized carbons (Fsp3) is 0.591. The summed E-state index contributed by atoms with van der Waals surface area (Å²) in [4.78, 5) is 15.2. The first-order valence-electron chi connectivity index (χ1n) is 10.4. The molecule has 2 heterocycles. The molecule has 1 saturated carbocycles. The first-order valence-corrected chi connectivity index (χ1v) is 10.4. The third-order valence-corrected chi connectivity index (χ3v) is 5.68. The van der Waals surface area contributed by atoms with Crippen molar-refractivity contribution in [3.05, 3.63) is 35.5 Å². The molecule has 0 unspecified atom stereocenters. The van der Waals surface area contributed by atoms with Gasteiger partial charge in [-0.2, -0.15) is 0 Å². The van der Waals surface area contributed by atoms with Crippen LogP contribution in [0.25, 0.3) is 10.9 Å². The molecule has 1 atom stereocenters. The minimum absolute atomic E-state index is 0.127. The number of aryl methyl sites for hydroxylation is 2. The van der Waals surface area contributed by atoms with Gasteiger partial charge in [0.1, 0.15) is 6.10 Å². The summed E-state index contributed by atoms with van der Waals surface area (Å²) in [5.41, 5.74) is 3.71. The topological polar surface area (TPSA) is 55.7 Å². The Kier molecular flexibility index (Phi) is 5.99. The van der Waals surface area contributed by atoms with Crippen LogP contribution in [0.1, 0.15) is 30.4 Å². The second kappa shape index (κ2) is 8.64. The summed E-state index contributed by atoms with van der Waals surface area (Å²) < 4.78 is 13.3. The number of hydrogen-bond acceptors (Lipinski definition) is 4. The van der Waals surface area contributed by atoms with Crippen LogP contribution in [-0.2, 0) is 27.4 Å². The van der Waals surface area contributed by atoms with Crippen LogP contribution in [0.2, 0.25) is 0 Å². The van der Waals surface area contributed by atoms with E-state index in [0.29, 0.717) is 25.7 Å². The minimum Gasteiger partial charge on any atom is -0.385 e. The lowest BCUT2D eigenvalue weighted by Crippen LogP contribution is -2.49. The van der Waals surface area contributed by atoms with Gasteiger partial charge in [-0.1, -0.05) is 12.1 Å². The Morgan fingerprint density at radius 2 is 2.25 bits per heavy atom. The number of methoxy groups -OCH3 is 1. The molecule has 2 fully saturated rings. The molecule has 1 aliphatic carbocycles. The van der Waals surface area contributed by atoms with Gasteiger partial charge in [-0.05, 0) is 43.4 Å². The second-order valence-electron chi connectivity index (χ2n) is 7.98. The Bertz CT molecular complexity index is 822. The van der Waals surface area contributed by atoms with Crippen molar-refractivity contribution in [3.8, 4) is 0 Å². The van der Waals surface area contributed by atoms with Crippen LogP contribution in [-0.4, -0.2) is 60.9 Å². The molecule has 0 bridgehead atoms. The largest absolute Gasteiger partial charge is 0.385 e. The van der Waals surface area contributed by atoms with Gasteiger partial charge in [-0.15, -0.1) is 0 Å². The predicted octanol–water partition coefficient (Wildman–Crippen LogP) is 2.47. The summed E-state index contributed by atoms with van der Waals surface area (Å²) >= 11 is 0. The third-order valence-electron chi connectivity index (χ3n) is 5.68. The van der Waals surface area contributed by atoms with Gasteiger partial charge in [-0.25, -0.2) is 0 Å². The summed E-state index contributed by atoms with van der Waals surface area (Å²) in [6.07, 6.45) is 5.03. The summed E-state index contributed by atoms with van der Waals surface area (Å²) in [6, 6.07) is 6.95. The van der Waals surface area contributed by atoms with E-state index in [4.69, 9.17) is 9.47 Å². The number of aromatic nitrogens is 1. The number of fused-ring (bicyclic) bond motifs is 1. The van der Waals surface area contributed by atoms with Crippen molar-refractivity contribution in [2.45, 2.75) is 51.4 Å². The number of nitrogens with one attached hydrogen (secondary N) is 1. The molecule has 6 nitrogen and oxygen atoms in total. The average molecular weight is 386 g/mol. The van der Waals surface area contributed by atoms with E-state index < -0.39 is 0 Å². The first-order chi connectivity index (χ1) is 13.7.